The summed E-state index contributed by atoms with van der Waals surface area (Å²) in [6.45, 7) is 2.02. The lowest BCUT2D eigenvalue weighted by Gasteiger charge is -2.06. The predicted octanol–water partition coefficient (Wildman–Crippen LogP) is 3.49. The van der Waals surface area contributed by atoms with Gasteiger partial charge in [-0.3, -0.25) is 0 Å². The van der Waals surface area contributed by atoms with E-state index in [1.54, 1.807) is 31.2 Å². The van der Waals surface area contributed by atoms with Gasteiger partial charge in [-0.15, -0.1) is 0 Å². The molecule has 4 nitrogen and oxygen atoms in total. The van der Waals surface area contributed by atoms with Crippen molar-refractivity contribution < 1.29 is 17.9 Å². The summed E-state index contributed by atoms with van der Waals surface area (Å²) in [6.07, 6.45) is 0. The van der Waals surface area contributed by atoms with Crippen LogP contribution in [0.3, 0.4) is 0 Å². The van der Waals surface area contributed by atoms with Gasteiger partial charge in [0.05, 0.1) is 22.8 Å². The smallest absolute Gasteiger partial charge is 0.338 e. The van der Waals surface area contributed by atoms with Crippen LogP contribution in [0.25, 0.3) is 0 Å². The minimum atomic E-state index is -3.45. The lowest BCUT2D eigenvalue weighted by Crippen LogP contribution is -2.07. The lowest BCUT2D eigenvalue weighted by atomic mass is 10.1. The maximum atomic E-state index is 12.3. The van der Waals surface area contributed by atoms with Crippen molar-refractivity contribution >= 4 is 27.4 Å². The Labute approximate surface area is 134 Å². The van der Waals surface area contributed by atoms with E-state index in [9.17, 15) is 13.2 Å². The summed E-state index contributed by atoms with van der Waals surface area (Å²) in [5, 5.41) is 0.484. The number of ether oxygens (including phenoxy) is 1. The SMILES string of the molecule is CCOC(=O)c1ccc(CS(=O)(=O)c2ccc(Cl)cc2)cc1. The Hall–Kier alpha value is -1.85. The van der Waals surface area contributed by atoms with Gasteiger partial charge in [-0.1, -0.05) is 23.7 Å². The molecule has 116 valence electrons. The number of hydrogen-bond acceptors (Lipinski definition) is 4. The van der Waals surface area contributed by atoms with Crippen molar-refractivity contribution in [3.05, 3.63) is 64.7 Å². The zero-order chi connectivity index (χ0) is 16.2. The molecule has 0 unspecified atom stereocenters. The minimum absolute atomic E-state index is 0.141. The second-order valence-corrected chi connectivity index (χ2v) is 7.06. The summed E-state index contributed by atoms with van der Waals surface area (Å²) >= 11 is 5.76. The molecule has 0 saturated carbocycles. The molecule has 0 N–H and O–H groups in total. The van der Waals surface area contributed by atoms with Crippen molar-refractivity contribution in [1.29, 1.82) is 0 Å². The first-order chi connectivity index (χ1) is 10.4. The van der Waals surface area contributed by atoms with E-state index < -0.39 is 15.8 Å². The van der Waals surface area contributed by atoms with Gasteiger partial charge in [-0.25, -0.2) is 13.2 Å². The molecule has 0 heterocycles. The average Bonchev–Trinajstić information content (AvgIpc) is 2.48. The van der Waals surface area contributed by atoms with E-state index in [1.807, 2.05) is 0 Å². The molecule has 2 aromatic rings. The van der Waals surface area contributed by atoms with Crippen molar-refractivity contribution in [2.45, 2.75) is 17.6 Å². The Morgan fingerprint density at radius 2 is 1.64 bits per heavy atom. The van der Waals surface area contributed by atoms with Crippen LogP contribution in [0.2, 0.25) is 5.02 Å². The van der Waals surface area contributed by atoms with E-state index in [1.165, 1.54) is 24.3 Å². The number of carbonyl (C=O) groups excluding carboxylic acids is 1. The quantitative estimate of drug-likeness (QED) is 0.783. The van der Waals surface area contributed by atoms with Crippen LogP contribution >= 0.6 is 11.6 Å². The summed E-state index contributed by atoms with van der Waals surface area (Å²) in [7, 11) is -3.45. The first kappa shape index (κ1) is 16.5. The van der Waals surface area contributed by atoms with Crippen molar-refractivity contribution in [2.24, 2.45) is 0 Å². The van der Waals surface area contributed by atoms with Crippen LogP contribution < -0.4 is 0 Å². The van der Waals surface area contributed by atoms with Crippen molar-refractivity contribution in [3.63, 3.8) is 0 Å². The third-order valence-electron chi connectivity index (χ3n) is 2.99. The van der Waals surface area contributed by atoms with Gasteiger partial charge in [0.1, 0.15) is 0 Å². The van der Waals surface area contributed by atoms with E-state index in [0.29, 0.717) is 22.8 Å². The van der Waals surface area contributed by atoms with Crippen LogP contribution in [0.1, 0.15) is 22.8 Å². The fraction of sp³-hybridized carbons (Fsp3) is 0.188. The summed E-state index contributed by atoms with van der Waals surface area (Å²) in [5.41, 5.74) is 0.998. The van der Waals surface area contributed by atoms with Gasteiger partial charge in [0.2, 0.25) is 0 Å². The maximum absolute atomic E-state index is 12.3. The number of carbonyl (C=O) groups is 1. The van der Waals surface area contributed by atoms with Crippen molar-refractivity contribution in [1.82, 2.24) is 0 Å². The molecule has 0 atom stereocenters. The van der Waals surface area contributed by atoms with Gasteiger partial charge in [-0.05, 0) is 48.9 Å². The van der Waals surface area contributed by atoms with Crippen LogP contribution in [-0.2, 0) is 20.3 Å². The molecule has 22 heavy (non-hydrogen) atoms. The molecule has 0 aromatic heterocycles. The van der Waals surface area contributed by atoms with Crippen molar-refractivity contribution in [2.75, 3.05) is 6.61 Å². The highest BCUT2D eigenvalue weighted by Crippen LogP contribution is 2.19. The molecule has 2 aromatic carbocycles. The number of rotatable bonds is 5. The van der Waals surface area contributed by atoms with Crippen LogP contribution in [0.4, 0.5) is 0 Å². The second-order valence-electron chi connectivity index (χ2n) is 4.63. The zero-order valence-corrected chi connectivity index (χ0v) is 13.5. The highest BCUT2D eigenvalue weighted by molar-refractivity contribution is 7.90. The molecule has 0 bridgehead atoms. The molecule has 0 radical (unpaired) electrons. The van der Waals surface area contributed by atoms with Crippen molar-refractivity contribution in [3.8, 4) is 0 Å². The summed E-state index contributed by atoms with van der Waals surface area (Å²) in [6, 6.07) is 12.4. The summed E-state index contributed by atoms with van der Waals surface area (Å²) < 4.78 is 29.5. The van der Waals surface area contributed by atoms with E-state index in [-0.39, 0.29) is 10.6 Å². The topological polar surface area (TPSA) is 60.4 Å². The van der Waals surface area contributed by atoms with Crippen LogP contribution in [0.5, 0.6) is 0 Å². The largest absolute Gasteiger partial charge is 0.462 e. The molecule has 2 rings (SSSR count). The van der Waals surface area contributed by atoms with Gasteiger partial charge in [0.25, 0.3) is 0 Å². The molecule has 0 aliphatic carbocycles. The monoisotopic (exact) mass is 338 g/mol. The molecule has 6 heteroatoms. The van der Waals surface area contributed by atoms with Gasteiger partial charge in [0, 0.05) is 5.02 Å². The zero-order valence-electron chi connectivity index (χ0n) is 12.0. The van der Waals surface area contributed by atoms with Crippen LogP contribution in [0.15, 0.2) is 53.4 Å². The Balaban J connectivity index is 2.16. The number of halogens is 1. The second kappa shape index (κ2) is 6.94. The fourth-order valence-electron chi connectivity index (χ4n) is 1.90. The third-order valence-corrected chi connectivity index (χ3v) is 4.95. The first-order valence-corrected chi connectivity index (χ1v) is 8.70. The normalized spacial score (nSPS) is 11.2. The van der Waals surface area contributed by atoms with Gasteiger partial charge < -0.3 is 4.74 Å². The van der Waals surface area contributed by atoms with E-state index in [2.05, 4.69) is 0 Å². The molecule has 0 aliphatic heterocycles. The van der Waals surface area contributed by atoms with Gasteiger partial charge in [-0.2, -0.15) is 0 Å². The highest BCUT2D eigenvalue weighted by Gasteiger charge is 2.15. The van der Waals surface area contributed by atoms with Gasteiger partial charge in [0.15, 0.2) is 9.84 Å². The molecule has 0 aliphatic rings. The molecule has 0 fully saturated rings. The Morgan fingerprint density at radius 3 is 2.18 bits per heavy atom. The van der Waals surface area contributed by atoms with E-state index in [4.69, 9.17) is 16.3 Å². The Morgan fingerprint density at radius 1 is 1.05 bits per heavy atom. The van der Waals surface area contributed by atoms with Crippen LogP contribution in [-0.4, -0.2) is 21.0 Å². The number of esters is 1. The lowest BCUT2D eigenvalue weighted by molar-refractivity contribution is 0.0526. The molecular weight excluding hydrogens is 324 g/mol. The number of benzene rings is 2. The molecule has 0 saturated heterocycles. The number of hydrogen-bond donors (Lipinski definition) is 0. The fourth-order valence-corrected chi connectivity index (χ4v) is 3.37. The summed E-state index contributed by atoms with van der Waals surface area (Å²) in [5.74, 6) is -0.563. The third kappa shape index (κ3) is 4.08. The summed E-state index contributed by atoms with van der Waals surface area (Å²) in [4.78, 5) is 11.8. The average molecular weight is 339 g/mol. The molecule has 0 amide bonds. The highest BCUT2D eigenvalue weighted by atomic mass is 35.5. The first-order valence-electron chi connectivity index (χ1n) is 6.67. The van der Waals surface area contributed by atoms with Crippen LogP contribution in [0, 0.1) is 0 Å². The standard InChI is InChI=1S/C16H15ClO4S/c1-2-21-16(18)13-5-3-12(4-6-13)11-22(19,20)15-9-7-14(17)8-10-15/h3-10H,2,11H2,1H3. The number of sulfone groups is 1. The molecular formula is C16H15ClO4S. The van der Waals surface area contributed by atoms with E-state index >= 15 is 0 Å². The predicted molar refractivity (Wildman–Crippen MR) is 84.7 cm³/mol. The maximum Gasteiger partial charge on any atom is 0.338 e. The Kier molecular flexibility index (Phi) is 5.21. The van der Waals surface area contributed by atoms with E-state index in [0.717, 1.165) is 0 Å². The molecule has 0 spiro atoms. The van der Waals surface area contributed by atoms with Gasteiger partial charge >= 0.3 is 5.97 Å². The Bertz CT molecular complexity index is 750. The minimum Gasteiger partial charge on any atom is -0.462 e.